The highest BCUT2D eigenvalue weighted by atomic mass is 32.2. The lowest BCUT2D eigenvalue weighted by atomic mass is 10.0. The molecule has 1 aromatic rings. The van der Waals surface area contributed by atoms with Crippen molar-refractivity contribution in [1.82, 2.24) is 9.62 Å². The quantitative estimate of drug-likeness (QED) is 0.850. The van der Waals surface area contributed by atoms with Gasteiger partial charge in [-0.3, -0.25) is 4.79 Å². The van der Waals surface area contributed by atoms with Gasteiger partial charge in [-0.25, -0.2) is 17.5 Å². The van der Waals surface area contributed by atoms with Crippen LogP contribution in [0.5, 0.6) is 0 Å². The summed E-state index contributed by atoms with van der Waals surface area (Å²) in [6, 6.07) is 4.55. The number of likely N-dealkylation sites (tertiary alicyclic amines) is 1. The van der Waals surface area contributed by atoms with Crippen molar-refractivity contribution in [2.45, 2.75) is 44.9 Å². The Labute approximate surface area is 143 Å². The summed E-state index contributed by atoms with van der Waals surface area (Å²) in [4.78, 5) is 14.4. The number of hydrogen-bond acceptors (Lipinski definition) is 3. The molecule has 1 heterocycles. The minimum Gasteiger partial charge on any atom is -0.341 e. The van der Waals surface area contributed by atoms with Crippen LogP contribution in [0, 0.1) is 11.7 Å². The molecule has 2 rings (SSSR count). The maximum Gasteiger partial charge on any atom is 0.241 e. The molecule has 0 aromatic heterocycles. The Morgan fingerprint density at radius 2 is 1.75 bits per heavy atom. The molecule has 0 spiro atoms. The van der Waals surface area contributed by atoms with Crippen molar-refractivity contribution in [3.05, 3.63) is 35.6 Å². The molecule has 0 unspecified atom stereocenters. The molecule has 1 fully saturated rings. The van der Waals surface area contributed by atoms with Crippen LogP contribution in [0.2, 0.25) is 0 Å². The van der Waals surface area contributed by atoms with Crippen molar-refractivity contribution in [3.63, 3.8) is 0 Å². The fourth-order valence-electron chi connectivity index (χ4n) is 2.82. The Hall–Kier alpha value is -1.47. The van der Waals surface area contributed by atoms with Gasteiger partial charge in [-0.2, -0.15) is 0 Å². The highest BCUT2D eigenvalue weighted by Crippen LogP contribution is 2.15. The van der Waals surface area contributed by atoms with Crippen molar-refractivity contribution < 1.29 is 17.6 Å². The third kappa shape index (κ3) is 5.27. The molecule has 1 aliphatic rings. The summed E-state index contributed by atoms with van der Waals surface area (Å²) in [5.41, 5.74) is 0.483. The average Bonchev–Trinajstić information content (AvgIpc) is 2.54. The predicted octanol–water partition coefficient (Wildman–Crippen LogP) is 2.28. The van der Waals surface area contributed by atoms with E-state index < -0.39 is 21.9 Å². The van der Waals surface area contributed by atoms with E-state index in [4.69, 9.17) is 0 Å². The Morgan fingerprint density at radius 1 is 1.17 bits per heavy atom. The third-order valence-corrected chi connectivity index (χ3v) is 5.50. The summed E-state index contributed by atoms with van der Waals surface area (Å²) < 4.78 is 40.3. The van der Waals surface area contributed by atoms with Gasteiger partial charge in [0.2, 0.25) is 15.9 Å². The second kappa shape index (κ2) is 8.07. The number of hydrogen-bond donors (Lipinski definition) is 1. The summed E-state index contributed by atoms with van der Waals surface area (Å²) in [5.74, 6) is -0.997. The van der Waals surface area contributed by atoms with Crippen LogP contribution >= 0.6 is 0 Å². The second-order valence-corrected chi connectivity index (χ2v) is 8.36. The van der Waals surface area contributed by atoms with Gasteiger partial charge < -0.3 is 4.90 Å². The zero-order valence-electron chi connectivity index (χ0n) is 14.2. The number of piperidine rings is 1. The summed E-state index contributed by atoms with van der Waals surface area (Å²) >= 11 is 0. The molecule has 0 bridgehead atoms. The zero-order chi connectivity index (χ0) is 17.7. The number of halogens is 1. The minimum absolute atomic E-state index is 0.151. The molecular weight excluding hydrogens is 331 g/mol. The molecule has 7 heteroatoms. The van der Waals surface area contributed by atoms with Crippen LogP contribution in [0.15, 0.2) is 24.3 Å². The first kappa shape index (κ1) is 18.9. The Bertz CT molecular complexity index is 653. The van der Waals surface area contributed by atoms with E-state index in [1.807, 2.05) is 13.8 Å². The van der Waals surface area contributed by atoms with E-state index in [1.54, 1.807) is 4.90 Å². The maximum absolute atomic E-state index is 12.9. The van der Waals surface area contributed by atoms with Gasteiger partial charge in [-0.05, 0) is 42.9 Å². The fraction of sp³-hybridized carbons (Fsp3) is 0.588. The average molecular weight is 356 g/mol. The van der Waals surface area contributed by atoms with Crippen molar-refractivity contribution in [1.29, 1.82) is 0 Å². The second-order valence-electron chi connectivity index (χ2n) is 6.61. The smallest absolute Gasteiger partial charge is 0.241 e. The van der Waals surface area contributed by atoms with Gasteiger partial charge in [0.1, 0.15) is 11.9 Å². The van der Waals surface area contributed by atoms with Gasteiger partial charge >= 0.3 is 0 Å². The van der Waals surface area contributed by atoms with E-state index in [9.17, 15) is 17.6 Å². The number of benzene rings is 1. The van der Waals surface area contributed by atoms with Gasteiger partial charge in [-0.15, -0.1) is 0 Å². The molecule has 1 amide bonds. The lowest BCUT2D eigenvalue weighted by Gasteiger charge is -2.32. The van der Waals surface area contributed by atoms with E-state index in [-0.39, 0.29) is 17.6 Å². The summed E-state index contributed by atoms with van der Waals surface area (Å²) in [5, 5.41) is 0. The Kier molecular flexibility index (Phi) is 6.34. The van der Waals surface area contributed by atoms with Gasteiger partial charge in [0.25, 0.3) is 0 Å². The molecule has 0 radical (unpaired) electrons. The zero-order valence-corrected chi connectivity index (χ0v) is 15.0. The minimum atomic E-state index is -3.70. The first-order valence-electron chi connectivity index (χ1n) is 8.32. The summed E-state index contributed by atoms with van der Waals surface area (Å²) in [7, 11) is -3.70. The number of carbonyl (C=O) groups is 1. The van der Waals surface area contributed by atoms with Gasteiger partial charge in [0.15, 0.2) is 0 Å². The number of amides is 1. The van der Waals surface area contributed by atoms with Gasteiger partial charge in [0.05, 0.1) is 5.75 Å². The normalized spacial score (nSPS) is 17.1. The predicted molar refractivity (Wildman–Crippen MR) is 91.2 cm³/mol. The Balaban J connectivity index is 2.07. The first-order chi connectivity index (χ1) is 11.3. The molecular formula is C17H25FN2O3S. The third-order valence-electron chi connectivity index (χ3n) is 4.18. The standard InChI is InChI=1S/C17H25FN2O3S/c1-13(2)16(17(21)20-10-4-3-5-11-20)19-24(22,23)12-14-6-8-15(18)9-7-14/h6-9,13,16,19H,3-5,10-12H2,1-2H3/t16-/m1/s1. The topological polar surface area (TPSA) is 66.5 Å². The van der Waals surface area contributed by atoms with Crippen LogP contribution in [0.25, 0.3) is 0 Å². The number of rotatable bonds is 6. The van der Waals surface area contributed by atoms with E-state index in [0.29, 0.717) is 18.7 Å². The number of carbonyl (C=O) groups excluding carboxylic acids is 1. The van der Waals surface area contributed by atoms with Crippen LogP contribution in [0.3, 0.4) is 0 Å². The van der Waals surface area contributed by atoms with E-state index in [0.717, 1.165) is 19.3 Å². The number of nitrogens with zero attached hydrogens (tertiary/aromatic N) is 1. The summed E-state index contributed by atoms with van der Waals surface area (Å²) in [6.45, 7) is 5.02. The highest BCUT2D eigenvalue weighted by Gasteiger charge is 2.31. The van der Waals surface area contributed by atoms with Crippen LogP contribution in [0.1, 0.15) is 38.7 Å². The van der Waals surface area contributed by atoms with E-state index >= 15 is 0 Å². The lowest BCUT2D eigenvalue weighted by molar-refractivity contribution is -0.134. The molecule has 1 atom stereocenters. The Morgan fingerprint density at radius 3 is 2.29 bits per heavy atom. The largest absolute Gasteiger partial charge is 0.341 e. The number of sulfonamides is 1. The van der Waals surface area contributed by atoms with Gasteiger partial charge in [-0.1, -0.05) is 26.0 Å². The van der Waals surface area contributed by atoms with Crippen molar-refractivity contribution in [2.24, 2.45) is 5.92 Å². The SMILES string of the molecule is CC(C)[C@@H](NS(=O)(=O)Cc1ccc(F)cc1)C(=O)N1CCCCC1. The lowest BCUT2D eigenvalue weighted by Crippen LogP contribution is -2.52. The van der Waals surface area contributed by atoms with Crippen molar-refractivity contribution >= 4 is 15.9 Å². The molecule has 0 aliphatic carbocycles. The molecule has 1 aliphatic heterocycles. The van der Waals surface area contributed by atoms with Crippen LogP contribution in [0.4, 0.5) is 4.39 Å². The van der Waals surface area contributed by atoms with Crippen molar-refractivity contribution in [3.8, 4) is 0 Å². The molecule has 24 heavy (non-hydrogen) atoms. The fourth-order valence-corrected chi connectivity index (χ4v) is 4.29. The first-order valence-corrected chi connectivity index (χ1v) is 9.97. The van der Waals surface area contributed by atoms with Crippen molar-refractivity contribution in [2.75, 3.05) is 13.1 Å². The molecule has 5 nitrogen and oxygen atoms in total. The monoisotopic (exact) mass is 356 g/mol. The van der Waals surface area contributed by atoms with Crippen LogP contribution < -0.4 is 4.72 Å². The summed E-state index contributed by atoms with van der Waals surface area (Å²) in [6.07, 6.45) is 3.02. The maximum atomic E-state index is 12.9. The highest BCUT2D eigenvalue weighted by molar-refractivity contribution is 7.88. The van der Waals surface area contributed by atoms with Crippen LogP contribution in [-0.4, -0.2) is 38.4 Å². The molecule has 0 saturated carbocycles. The molecule has 1 saturated heterocycles. The van der Waals surface area contributed by atoms with Gasteiger partial charge in [0, 0.05) is 13.1 Å². The van der Waals surface area contributed by atoms with Crippen LogP contribution in [-0.2, 0) is 20.6 Å². The molecule has 1 N–H and O–H groups in total. The molecule has 134 valence electrons. The van der Waals surface area contributed by atoms with E-state index in [2.05, 4.69) is 4.72 Å². The van der Waals surface area contributed by atoms with E-state index in [1.165, 1.54) is 24.3 Å². The number of nitrogens with one attached hydrogen (secondary N) is 1. The molecule has 1 aromatic carbocycles.